The molecule has 0 amide bonds. The highest BCUT2D eigenvalue weighted by molar-refractivity contribution is 9.11. The second-order valence-corrected chi connectivity index (χ2v) is 5.45. The average molecular weight is 355 g/mol. The number of aryl methyl sites for hydroxylation is 1. The average Bonchev–Trinajstić information content (AvgIpc) is 2.29. The fourth-order valence-corrected chi connectivity index (χ4v) is 2.90. The van der Waals surface area contributed by atoms with E-state index in [9.17, 15) is 4.91 Å². The summed E-state index contributed by atoms with van der Waals surface area (Å²) in [5.74, 6) is 0. The summed E-state index contributed by atoms with van der Waals surface area (Å²) >= 11 is 6.69. The molecule has 0 spiro atoms. The second-order valence-electron chi connectivity index (χ2n) is 3.75. The summed E-state index contributed by atoms with van der Waals surface area (Å²) in [7, 11) is 0. The molecular formula is C13H9Br2NO. The third-order valence-electron chi connectivity index (χ3n) is 2.49. The van der Waals surface area contributed by atoms with Gasteiger partial charge in [-0.1, -0.05) is 29.8 Å². The van der Waals surface area contributed by atoms with Gasteiger partial charge in [0.05, 0.1) is 0 Å². The van der Waals surface area contributed by atoms with Crippen molar-refractivity contribution in [1.82, 2.24) is 0 Å². The van der Waals surface area contributed by atoms with Gasteiger partial charge in [0.15, 0.2) is 0 Å². The molecule has 0 saturated heterocycles. The lowest BCUT2D eigenvalue weighted by molar-refractivity contribution is 1.42. The van der Waals surface area contributed by atoms with Crippen molar-refractivity contribution in [2.45, 2.75) is 6.92 Å². The molecule has 0 bridgehead atoms. The van der Waals surface area contributed by atoms with Crippen LogP contribution in [0.15, 0.2) is 50.5 Å². The molecule has 0 atom stereocenters. The molecule has 4 heteroatoms. The van der Waals surface area contributed by atoms with E-state index in [0.29, 0.717) is 14.6 Å². The number of benzene rings is 2. The molecule has 0 aliphatic heterocycles. The van der Waals surface area contributed by atoms with E-state index in [0.717, 1.165) is 11.1 Å². The first-order valence-electron chi connectivity index (χ1n) is 5.01. The normalized spacial score (nSPS) is 10.3. The number of nitrogens with zero attached hydrogens (tertiary/aromatic N) is 1. The maximum atomic E-state index is 10.6. The Labute approximate surface area is 116 Å². The van der Waals surface area contributed by atoms with Gasteiger partial charge in [-0.2, -0.15) is 0 Å². The summed E-state index contributed by atoms with van der Waals surface area (Å²) < 4.78 is 1.38. The van der Waals surface area contributed by atoms with Gasteiger partial charge in [0.1, 0.15) is 5.69 Å². The van der Waals surface area contributed by atoms with E-state index in [-0.39, 0.29) is 0 Å². The Morgan fingerprint density at radius 3 is 1.94 bits per heavy atom. The van der Waals surface area contributed by atoms with Crippen LogP contribution in [0.3, 0.4) is 0 Å². The van der Waals surface area contributed by atoms with E-state index in [2.05, 4.69) is 68.2 Å². The molecule has 0 aromatic heterocycles. The molecule has 2 aromatic carbocycles. The van der Waals surface area contributed by atoms with Crippen molar-refractivity contribution in [3.63, 3.8) is 0 Å². The Bertz CT molecular complexity index is 541. The van der Waals surface area contributed by atoms with Crippen molar-refractivity contribution >= 4 is 37.5 Å². The van der Waals surface area contributed by atoms with Crippen LogP contribution >= 0.6 is 31.9 Å². The summed E-state index contributed by atoms with van der Waals surface area (Å²) in [4.78, 5) is 10.6. The molecule has 2 rings (SSSR count). The van der Waals surface area contributed by atoms with Gasteiger partial charge in [-0.25, -0.2) is 0 Å². The first kappa shape index (κ1) is 12.5. The van der Waals surface area contributed by atoms with Crippen molar-refractivity contribution in [2.24, 2.45) is 5.18 Å². The Morgan fingerprint density at radius 1 is 0.941 bits per heavy atom. The zero-order valence-electron chi connectivity index (χ0n) is 9.08. The van der Waals surface area contributed by atoms with Crippen LogP contribution in [-0.4, -0.2) is 0 Å². The van der Waals surface area contributed by atoms with Crippen LogP contribution < -0.4 is 0 Å². The molecule has 0 N–H and O–H groups in total. The minimum Gasteiger partial charge on any atom is -0.145 e. The summed E-state index contributed by atoms with van der Waals surface area (Å²) in [5, 5.41) is 2.97. The standard InChI is InChI=1S/C13H9Br2NO/c1-8-2-4-9(5-3-8)10-6-11(14)13(16-17)12(15)7-10/h2-7H,1H3. The molecule has 86 valence electrons. The number of hydrogen-bond acceptors (Lipinski definition) is 2. The van der Waals surface area contributed by atoms with Crippen molar-refractivity contribution in [3.05, 3.63) is 55.8 Å². The molecule has 2 nitrogen and oxygen atoms in total. The summed E-state index contributed by atoms with van der Waals surface area (Å²) in [6, 6.07) is 12.0. The largest absolute Gasteiger partial charge is 0.145 e. The van der Waals surface area contributed by atoms with Crippen molar-refractivity contribution in [3.8, 4) is 11.1 Å². The zero-order valence-corrected chi connectivity index (χ0v) is 12.2. The third-order valence-corrected chi connectivity index (χ3v) is 3.70. The third kappa shape index (κ3) is 2.64. The highest BCUT2D eigenvalue weighted by Gasteiger charge is 2.09. The summed E-state index contributed by atoms with van der Waals surface area (Å²) in [5.41, 5.74) is 3.75. The van der Waals surface area contributed by atoms with Crippen LogP contribution in [0.5, 0.6) is 0 Å². The molecule has 0 unspecified atom stereocenters. The molecule has 0 heterocycles. The van der Waals surface area contributed by atoms with Crippen LogP contribution in [0.25, 0.3) is 11.1 Å². The molecular weight excluding hydrogens is 346 g/mol. The maximum absolute atomic E-state index is 10.6. The lowest BCUT2D eigenvalue weighted by Crippen LogP contribution is -1.81. The van der Waals surface area contributed by atoms with E-state index >= 15 is 0 Å². The fraction of sp³-hybridized carbons (Fsp3) is 0.0769. The van der Waals surface area contributed by atoms with Crippen LogP contribution in [0.2, 0.25) is 0 Å². The maximum Gasteiger partial charge on any atom is 0.136 e. The lowest BCUT2D eigenvalue weighted by atomic mass is 10.0. The van der Waals surface area contributed by atoms with Crippen LogP contribution in [-0.2, 0) is 0 Å². The first-order chi connectivity index (χ1) is 8.11. The van der Waals surface area contributed by atoms with Crippen LogP contribution in [0.4, 0.5) is 5.69 Å². The molecule has 0 saturated carbocycles. The first-order valence-corrected chi connectivity index (χ1v) is 6.60. The summed E-state index contributed by atoms with van der Waals surface area (Å²) in [6.07, 6.45) is 0. The lowest BCUT2D eigenvalue weighted by Gasteiger charge is -2.06. The topological polar surface area (TPSA) is 29.4 Å². The van der Waals surface area contributed by atoms with Gasteiger partial charge < -0.3 is 0 Å². The van der Waals surface area contributed by atoms with E-state index in [1.54, 1.807) is 0 Å². The van der Waals surface area contributed by atoms with Gasteiger partial charge in [-0.3, -0.25) is 0 Å². The highest BCUT2D eigenvalue weighted by Crippen LogP contribution is 2.37. The Kier molecular flexibility index (Phi) is 3.74. The minimum absolute atomic E-state index is 0.390. The predicted octanol–water partition coefficient (Wildman–Crippen LogP) is 5.58. The van der Waals surface area contributed by atoms with E-state index in [4.69, 9.17) is 0 Å². The molecule has 0 fully saturated rings. The van der Waals surface area contributed by atoms with Gasteiger partial charge in [0.25, 0.3) is 0 Å². The quantitative estimate of drug-likeness (QED) is 0.647. The molecule has 0 radical (unpaired) electrons. The number of halogens is 2. The SMILES string of the molecule is Cc1ccc(-c2cc(Br)c(N=O)c(Br)c2)cc1. The Hall–Kier alpha value is -1.000. The number of hydrogen-bond donors (Lipinski definition) is 0. The van der Waals surface area contributed by atoms with Crippen LogP contribution in [0.1, 0.15) is 5.56 Å². The molecule has 2 aromatic rings. The second kappa shape index (κ2) is 5.10. The van der Waals surface area contributed by atoms with Crippen molar-refractivity contribution < 1.29 is 0 Å². The van der Waals surface area contributed by atoms with E-state index in [1.807, 2.05) is 12.1 Å². The zero-order chi connectivity index (χ0) is 12.4. The van der Waals surface area contributed by atoms with E-state index < -0.39 is 0 Å². The van der Waals surface area contributed by atoms with Crippen molar-refractivity contribution in [1.29, 1.82) is 0 Å². The molecule has 0 aliphatic carbocycles. The van der Waals surface area contributed by atoms with Gasteiger partial charge in [-0.15, -0.1) is 4.91 Å². The smallest absolute Gasteiger partial charge is 0.136 e. The van der Waals surface area contributed by atoms with E-state index in [1.165, 1.54) is 5.56 Å². The minimum atomic E-state index is 0.390. The summed E-state index contributed by atoms with van der Waals surface area (Å²) in [6.45, 7) is 2.05. The van der Waals surface area contributed by atoms with Gasteiger partial charge >= 0.3 is 0 Å². The Balaban J connectivity index is 2.54. The molecule has 17 heavy (non-hydrogen) atoms. The van der Waals surface area contributed by atoms with Gasteiger partial charge in [-0.05, 0) is 67.2 Å². The van der Waals surface area contributed by atoms with Gasteiger partial charge in [0.2, 0.25) is 0 Å². The van der Waals surface area contributed by atoms with Gasteiger partial charge in [0, 0.05) is 8.95 Å². The highest BCUT2D eigenvalue weighted by atomic mass is 79.9. The van der Waals surface area contributed by atoms with Crippen molar-refractivity contribution in [2.75, 3.05) is 0 Å². The monoisotopic (exact) mass is 353 g/mol. The van der Waals surface area contributed by atoms with Crippen LogP contribution in [0, 0.1) is 11.8 Å². The number of nitroso groups, excluding NO2 is 1. The fourth-order valence-electron chi connectivity index (χ4n) is 1.57. The predicted molar refractivity (Wildman–Crippen MR) is 77.5 cm³/mol. The number of rotatable bonds is 2. The molecule has 0 aliphatic rings. The Morgan fingerprint density at radius 2 is 1.47 bits per heavy atom.